The number of halogens is 1. The summed E-state index contributed by atoms with van der Waals surface area (Å²) >= 11 is 0. The van der Waals surface area contributed by atoms with Gasteiger partial charge < -0.3 is 4.98 Å². The Balaban J connectivity index is 1.53. The first-order valence-corrected chi connectivity index (χ1v) is 8.29. The van der Waals surface area contributed by atoms with Gasteiger partial charge in [0.05, 0.1) is 12.7 Å². The molecule has 2 aromatic heterocycles. The van der Waals surface area contributed by atoms with E-state index in [1.54, 1.807) is 6.20 Å². The summed E-state index contributed by atoms with van der Waals surface area (Å²) in [5.74, 6) is 1.18. The number of likely N-dealkylation sites (tertiary alicyclic amines) is 1. The predicted molar refractivity (Wildman–Crippen MR) is 89.8 cm³/mol. The zero-order valence-corrected chi connectivity index (χ0v) is 13.4. The van der Waals surface area contributed by atoms with Crippen LogP contribution in [0.3, 0.4) is 0 Å². The molecule has 5 nitrogen and oxygen atoms in total. The molecule has 0 amide bonds. The Morgan fingerprint density at radius 2 is 2.12 bits per heavy atom. The van der Waals surface area contributed by atoms with E-state index >= 15 is 0 Å². The second kappa shape index (κ2) is 6.57. The molecule has 4 rings (SSSR count). The van der Waals surface area contributed by atoms with Gasteiger partial charge in [-0.3, -0.25) is 10.00 Å². The van der Waals surface area contributed by atoms with Crippen LogP contribution in [0.5, 0.6) is 0 Å². The lowest BCUT2D eigenvalue weighted by Crippen LogP contribution is -2.34. The third-order valence-electron chi connectivity index (χ3n) is 4.67. The smallest absolute Gasteiger partial charge is 0.123 e. The van der Waals surface area contributed by atoms with E-state index in [0.29, 0.717) is 5.92 Å². The number of imidazole rings is 1. The van der Waals surface area contributed by atoms with Crippen molar-refractivity contribution in [1.29, 1.82) is 0 Å². The minimum Gasteiger partial charge on any atom is -0.348 e. The van der Waals surface area contributed by atoms with Crippen molar-refractivity contribution in [3.8, 4) is 11.1 Å². The zero-order chi connectivity index (χ0) is 16.4. The fourth-order valence-corrected chi connectivity index (χ4v) is 3.50. The van der Waals surface area contributed by atoms with E-state index < -0.39 is 0 Å². The van der Waals surface area contributed by atoms with Crippen LogP contribution in [0.1, 0.15) is 30.3 Å². The van der Waals surface area contributed by atoms with Crippen molar-refractivity contribution in [2.45, 2.75) is 25.3 Å². The Hall–Kier alpha value is -2.47. The van der Waals surface area contributed by atoms with Gasteiger partial charge in [0, 0.05) is 36.1 Å². The van der Waals surface area contributed by atoms with Gasteiger partial charge in [0.15, 0.2) is 0 Å². The van der Waals surface area contributed by atoms with E-state index in [2.05, 4.69) is 25.1 Å². The molecule has 3 heterocycles. The second-order valence-corrected chi connectivity index (χ2v) is 6.31. The minimum atomic E-state index is -0.217. The molecule has 1 atom stereocenters. The second-order valence-electron chi connectivity index (χ2n) is 6.31. The first-order chi connectivity index (χ1) is 11.8. The maximum Gasteiger partial charge on any atom is 0.123 e. The largest absolute Gasteiger partial charge is 0.348 e. The van der Waals surface area contributed by atoms with Crippen LogP contribution in [-0.4, -0.2) is 38.2 Å². The highest BCUT2D eigenvalue weighted by molar-refractivity contribution is 5.65. The van der Waals surface area contributed by atoms with E-state index in [9.17, 15) is 4.39 Å². The number of H-pyrrole nitrogens is 2. The van der Waals surface area contributed by atoms with E-state index in [4.69, 9.17) is 0 Å². The van der Waals surface area contributed by atoms with Crippen molar-refractivity contribution in [2.24, 2.45) is 0 Å². The Morgan fingerprint density at radius 3 is 2.92 bits per heavy atom. The quantitative estimate of drug-likeness (QED) is 0.773. The highest BCUT2D eigenvalue weighted by Gasteiger charge is 2.25. The van der Waals surface area contributed by atoms with E-state index in [1.807, 2.05) is 24.5 Å². The molecule has 24 heavy (non-hydrogen) atoms. The van der Waals surface area contributed by atoms with Gasteiger partial charge in [-0.1, -0.05) is 12.1 Å². The number of hydrogen-bond donors (Lipinski definition) is 2. The lowest BCUT2D eigenvalue weighted by molar-refractivity contribution is 0.195. The van der Waals surface area contributed by atoms with Crippen LogP contribution in [-0.2, 0) is 6.54 Å². The molecule has 1 aliphatic heterocycles. The third kappa shape index (κ3) is 3.10. The van der Waals surface area contributed by atoms with Crippen LogP contribution >= 0.6 is 0 Å². The van der Waals surface area contributed by atoms with E-state index in [1.165, 1.54) is 12.1 Å². The van der Waals surface area contributed by atoms with Gasteiger partial charge in [-0.15, -0.1) is 0 Å². The summed E-state index contributed by atoms with van der Waals surface area (Å²) in [6, 6.07) is 6.62. The molecule has 0 radical (unpaired) electrons. The molecule has 0 saturated carbocycles. The first kappa shape index (κ1) is 15.1. The average Bonchev–Trinajstić information content (AvgIpc) is 3.27. The molecular weight excluding hydrogens is 305 g/mol. The first-order valence-electron chi connectivity index (χ1n) is 8.29. The molecule has 2 N–H and O–H groups in total. The number of hydrogen-bond acceptors (Lipinski definition) is 3. The molecule has 1 aromatic carbocycles. The van der Waals surface area contributed by atoms with Gasteiger partial charge in [0.1, 0.15) is 11.6 Å². The SMILES string of the molecule is Fc1ccc(-c2cn[nH]c2[C@H]2CCCN(Cc3ncc[nH]3)C2)cc1. The molecule has 0 aliphatic carbocycles. The van der Waals surface area contributed by atoms with Crippen LogP contribution in [0, 0.1) is 5.82 Å². The van der Waals surface area contributed by atoms with Crippen molar-refractivity contribution in [1.82, 2.24) is 25.1 Å². The van der Waals surface area contributed by atoms with Crippen LogP contribution in [0.4, 0.5) is 4.39 Å². The van der Waals surface area contributed by atoms with Crippen molar-refractivity contribution < 1.29 is 4.39 Å². The topological polar surface area (TPSA) is 60.6 Å². The maximum atomic E-state index is 13.2. The average molecular weight is 325 g/mol. The number of aromatic nitrogens is 4. The summed E-state index contributed by atoms with van der Waals surface area (Å²) in [7, 11) is 0. The molecule has 0 unspecified atom stereocenters. The molecule has 1 aliphatic rings. The summed E-state index contributed by atoms with van der Waals surface area (Å²) in [6.45, 7) is 2.89. The highest BCUT2D eigenvalue weighted by Crippen LogP contribution is 2.33. The number of nitrogens with one attached hydrogen (secondary N) is 2. The van der Waals surface area contributed by atoms with Crippen molar-refractivity contribution in [2.75, 3.05) is 13.1 Å². The van der Waals surface area contributed by atoms with Gasteiger partial charge in [-0.2, -0.15) is 5.10 Å². The Bertz CT molecular complexity index is 778. The highest BCUT2D eigenvalue weighted by atomic mass is 19.1. The fraction of sp³-hybridized carbons (Fsp3) is 0.333. The molecule has 124 valence electrons. The maximum absolute atomic E-state index is 13.2. The molecular formula is C18H20FN5. The standard InChI is InChI=1S/C18H20FN5/c19-15-5-3-13(4-6-15)16-10-22-23-18(16)14-2-1-9-24(11-14)12-17-20-7-8-21-17/h3-8,10,14H,1-2,9,11-12H2,(H,20,21)(H,22,23)/t14-/m0/s1. The molecule has 0 bridgehead atoms. The summed E-state index contributed by atoms with van der Waals surface area (Å²) < 4.78 is 13.2. The number of rotatable bonds is 4. The van der Waals surface area contributed by atoms with Crippen LogP contribution in [0.2, 0.25) is 0 Å². The van der Waals surface area contributed by atoms with Crippen LogP contribution < -0.4 is 0 Å². The van der Waals surface area contributed by atoms with Gasteiger partial charge in [0.25, 0.3) is 0 Å². The lowest BCUT2D eigenvalue weighted by atomic mass is 9.90. The predicted octanol–water partition coefficient (Wildman–Crippen LogP) is 3.32. The van der Waals surface area contributed by atoms with Gasteiger partial charge in [-0.05, 0) is 37.1 Å². The van der Waals surface area contributed by atoms with Crippen molar-refractivity contribution in [3.63, 3.8) is 0 Å². The summed E-state index contributed by atoms with van der Waals surface area (Å²) in [5.41, 5.74) is 3.22. The van der Waals surface area contributed by atoms with Crippen LogP contribution in [0.25, 0.3) is 11.1 Å². The Labute approximate surface area is 139 Å². The van der Waals surface area contributed by atoms with Gasteiger partial charge in [-0.25, -0.2) is 9.37 Å². The normalized spacial score (nSPS) is 18.8. The van der Waals surface area contributed by atoms with E-state index in [0.717, 1.165) is 55.1 Å². The molecule has 1 fully saturated rings. The molecule has 3 aromatic rings. The third-order valence-corrected chi connectivity index (χ3v) is 4.67. The van der Waals surface area contributed by atoms with Gasteiger partial charge >= 0.3 is 0 Å². The number of benzene rings is 1. The van der Waals surface area contributed by atoms with Gasteiger partial charge in [0.2, 0.25) is 0 Å². The molecule has 0 spiro atoms. The lowest BCUT2D eigenvalue weighted by Gasteiger charge is -2.32. The zero-order valence-electron chi connectivity index (χ0n) is 13.4. The van der Waals surface area contributed by atoms with E-state index in [-0.39, 0.29) is 5.82 Å². The summed E-state index contributed by atoms with van der Waals surface area (Å²) in [4.78, 5) is 9.91. The summed E-state index contributed by atoms with van der Waals surface area (Å²) in [5, 5.41) is 7.42. The number of aromatic amines is 2. The molecule has 1 saturated heterocycles. The number of nitrogens with zero attached hydrogens (tertiary/aromatic N) is 3. The monoisotopic (exact) mass is 325 g/mol. The summed E-state index contributed by atoms with van der Waals surface area (Å²) in [6.07, 6.45) is 7.77. The molecule has 6 heteroatoms. The fourth-order valence-electron chi connectivity index (χ4n) is 3.50. The Morgan fingerprint density at radius 1 is 1.25 bits per heavy atom. The minimum absolute atomic E-state index is 0.217. The van der Waals surface area contributed by atoms with Crippen molar-refractivity contribution in [3.05, 3.63) is 60.2 Å². The Kier molecular flexibility index (Phi) is 4.13. The van der Waals surface area contributed by atoms with Crippen LogP contribution in [0.15, 0.2) is 42.9 Å². The van der Waals surface area contributed by atoms with Crippen molar-refractivity contribution >= 4 is 0 Å². The number of piperidine rings is 1.